The molecule has 3 rings (SSSR count). The van der Waals surface area contributed by atoms with Crippen molar-refractivity contribution < 1.29 is 13.3 Å². The number of nitrogens with one attached hydrogen (secondary N) is 2. The van der Waals surface area contributed by atoms with Crippen molar-refractivity contribution in [1.82, 2.24) is 4.72 Å². The Labute approximate surface area is 167 Å². The maximum absolute atomic E-state index is 12.5. The smallest absolute Gasteiger partial charge is 0.293 e. The van der Waals surface area contributed by atoms with Crippen molar-refractivity contribution in [3.05, 3.63) is 75.8 Å². The first-order valence-corrected chi connectivity index (χ1v) is 10.4. The molecule has 0 bridgehead atoms. The van der Waals surface area contributed by atoms with Gasteiger partial charge in [0.2, 0.25) is 10.0 Å². The van der Waals surface area contributed by atoms with Crippen LogP contribution < -0.4 is 10.0 Å². The van der Waals surface area contributed by atoms with Gasteiger partial charge < -0.3 is 5.32 Å². The molecule has 0 unspecified atom stereocenters. The van der Waals surface area contributed by atoms with Crippen molar-refractivity contribution in [3.8, 4) is 0 Å². The molecule has 0 saturated carbocycles. The Morgan fingerprint density at radius 2 is 1.71 bits per heavy atom. The van der Waals surface area contributed by atoms with Crippen LogP contribution in [-0.4, -0.2) is 26.4 Å². The molecule has 3 aromatic rings. The van der Waals surface area contributed by atoms with E-state index >= 15 is 0 Å². The predicted molar refractivity (Wildman–Crippen MR) is 110 cm³/mol. The topological polar surface area (TPSA) is 101 Å². The number of benzene rings is 3. The van der Waals surface area contributed by atoms with Gasteiger partial charge in [0.1, 0.15) is 5.69 Å². The Bertz CT molecular complexity index is 1120. The summed E-state index contributed by atoms with van der Waals surface area (Å²) < 4.78 is 27.5. The van der Waals surface area contributed by atoms with Crippen molar-refractivity contribution in [2.24, 2.45) is 0 Å². The summed E-state index contributed by atoms with van der Waals surface area (Å²) in [6, 6.07) is 16.8. The lowest BCUT2D eigenvalue weighted by atomic mass is 10.1. The lowest BCUT2D eigenvalue weighted by Gasteiger charge is -2.09. The zero-order valence-electron chi connectivity index (χ0n) is 14.8. The van der Waals surface area contributed by atoms with Crippen LogP contribution in [0.1, 0.15) is 6.42 Å². The van der Waals surface area contributed by atoms with Crippen molar-refractivity contribution >= 4 is 43.8 Å². The summed E-state index contributed by atoms with van der Waals surface area (Å²) in [5.74, 6) is 0. The first kappa shape index (κ1) is 20.1. The van der Waals surface area contributed by atoms with Crippen LogP contribution in [0.25, 0.3) is 10.8 Å². The SMILES string of the molecule is O=[N+]([O-])c1cc(Cl)ccc1NCCCNS(=O)(=O)c1ccc2ccccc2c1. The molecule has 0 atom stereocenters. The number of hydrogen-bond acceptors (Lipinski definition) is 5. The fraction of sp³-hybridized carbons (Fsp3) is 0.158. The van der Waals surface area contributed by atoms with Gasteiger partial charge >= 0.3 is 0 Å². The predicted octanol–water partition coefficient (Wildman–Crippen LogP) is 4.18. The Hall–Kier alpha value is -2.68. The third-order valence-electron chi connectivity index (χ3n) is 4.15. The van der Waals surface area contributed by atoms with Gasteiger partial charge in [0.05, 0.1) is 9.82 Å². The number of anilines is 1. The summed E-state index contributed by atoms with van der Waals surface area (Å²) in [4.78, 5) is 10.7. The quantitative estimate of drug-likeness (QED) is 0.324. The second-order valence-electron chi connectivity index (χ2n) is 6.11. The number of fused-ring (bicyclic) bond motifs is 1. The molecule has 0 amide bonds. The zero-order valence-corrected chi connectivity index (χ0v) is 16.3. The van der Waals surface area contributed by atoms with E-state index in [2.05, 4.69) is 10.0 Å². The van der Waals surface area contributed by atoms with Crippen LogP contribution in [-0.2, 0) is 10.0 Å². The normalized spacial score (nSPS) is 11.5. The minimum atomic E-state index is -3.63. The van der Waals surface area contributed by atoms with Crippen LogP contribution in [0.15, 0.2) is 65.6 Å². The van der Waals surface area contributed by atoms with E-state index in [1.807, 2.05) is 24.3 Å². The van der Waals surface area contributed by atoms with Crippen LogP contribution in [0.5, 0.6) is 0 Å². The van der Waals surface area contributed by atoms with E-state index in [0.717, 1.165) is 10.8 Å². The molecule has 0 radical (unpaired) electrons. The first-order valence-electron chi connectivity index (χ1n) is 8.53. The summed E-state index contributed by atoms with van der Waals surface area (Å²) in [7, 11) is -3.63. The summed E-state index contributed by atoms with van der Waals surface area (Å²) >= 11 is 5.78. The second kappa shape index (κ2) is 8.55. The van der Waals surface area contributed by atoms with Crippen LogP contribution in [0.4, 0.5) is 11.4 Å². The number of rotatable bonds is 8. The van der Waals surface area contributed by atoms with E-state index < -0.39 is 14.9 Å². The number of hydrogen-bond donors (Lipinski definition) is 2. The summed E-state index contributed by atoms with van der Waals surface area (Å²) in [6.07, 6.45) is 0.451. The molecule has 0 fully saturated rings. The molecule has 0 aliphatic heterocycles. The Morgan fingerprint density at radius 3 is 2.46 bits per heavy atom. The van der Waals surface area contributed by atoms with Crippen molar-refractivity contribution in [3.63, 3.8) is 0 Å². The van der Waals surface area contributed by atoms with Gasteiger partial charge in [-0.25, -0.2) is 13.1 Å². The number of nitro groups is 1. The van der Waals surface area contributed by atoms with E-state index in [0.29, 0.717) is 18.7 Å². The number of nitro benzene ring substituents is 1. The molecule has 0 aromatic heterocycles. The molecule has 9 heteroatoms. The third-order valence-corrected chi connectivity index (χ3v) is 5.84. The highest BCUT2D eigenvalue weighted by Gasteiger charge is 2.15. The fourth-order valence-electron chi connectivity index (χ4n) is 2.74. The summed E-state index contributed by atoms with van der Waals surface area (Å²) in [5, 5.41) is 16.1. The first-order chi connectivity index (χ1) is 13.4. The molecule has 146 valence electrons. The third kappa shape index (κ3) is 4.78. The maximum Gasteiger partial charge on any atom is 0.293 e. The average molecular weight is 420 g/mol. The summed E-state index contributed by atoms with van der Waals surface area (Å²) in [6.45, 7) is 0.562. The van der Waals surface area contributed by atoms with E-state index in [-0.39, 0.29) is 22.2 Å². The lowest BCUT2D eigenvalue weighted by molar-refractivity contribution is -0.383. The molecule has 28 heavy (non-hydrogen) atoms. The standard InChI is InChI=1S/C19H18ClN3O4S/c20-16-7-9-18(19(13-16)23(24)25)21-10-3-11-22-28(26,27)17-8-6-14-4-1-2-5-15(14)12-17/h1-2,4-9,12-13,21-22H,3,10-11H2. The lowest BCUT2D eigenvalue weighted by Crippen LogP contribution is -2.26. The molecular weight excluding hydrogens is 402 g/mol. The Morgan fingerprint density at radius 1 is 0.964 bits per heavy atom. The molecular formula is C19H18ClN3O4S. The van der Waals surface area contributed by atoms with Crippen LogP contribution >= 0.6 is 11.6 Å². The van der Waals surface area contributed by atoms with Gasteiger partial charge in [-0.15, -0.1) is 0 Å². The van der Waals surface area contributed by atoms with Crippen molar-refractivity contribution in [1.29, 1.82) is 0 Å². The van der Waals surface area contributed by atoms with Gasteiger partial charge in [0.15, 0.2) is 0 Å². The highest BCUT2D eigenvalue weighted by atomic mass is 35.5. The van der Waals surface area contributed by atoms with Crippen LogP contribution in [0.2, 0.25) is 5.02 Å². The largest absolute Gasteiger partial charge is 0.379 e. The fourth-order valence-corrected chi connectivity index (χ4v) is 4.02. The van der Waals surface area contributed by atoms with Gasteiger partial charge in [-0.1, -0.05) is 41.9 Å². The molecule has 0 aliphatic rings. The van der Waals surface area contributed by atoms with E-state index in [1.165, 1.54) is 12.1 Å². The Kier molecular flexibility index (Phi) is 6.13. The van der Waals surface area contributed by atoms with Gasteiger partial charge in [-0.3, -0.25) is 10.1 Å². The van der Waals surface area contributed by atoms with Gasteiger partial charge in [-0.05, 0) is 41.5 Å². The van der Waals surface area contributed by atoms with Crippen molar-refractivity contribution in [2.75, 3.05) is 18.4 Å². The van der Waals surface area contributed by atoms with Gasteiger partial charge in [0, 0.05) is 24.2 Å². The van der Waals surface area contributed by atoms with Crippen LogP contribution in [0, 0.1) is 10.1 Å². The monoisotopic (exact) mass is 419 g/mol. The molecule has 0 aliphatic carbocycles. The van der Waals surface area contributed by atoms with E-state index in [1.54, 1.807) is 24.3 Å². The number of halogens is 1. The van der Waals surface area contributed by atoms with Gasteiger partial charge in [0.25, 0.3) is 5.69 Å². The average Bonchev–Trinajstić information content (AvgIpc) is 2.68. The summed E-state index contributed by atoms with van der Waals surface area (Å²) in [5.41, 5.74) is 0.219. The van der Waals surface area contributed by atoms with Gasteiger partial charge in [-0.2, -0.15) is 0 Å². The molecule has 0 heterocycles. The Balaban J connectivity index is 1.56. The highest BCUT2D eigenvalue weighted by molar-refractivity contribution is 7.89. The number of nitrogens with zero attached hydrogens (tertiary/aromatic N) is 1. The molecule has 3 aromatic carbocycles. The minimum Gasteiger partial charge on any atom is -0.379 e. The molecule has 2 N–H and O–H groups in total. The number of sulfonamides is 1. The molecule has 0 saturated heterocycles. The molecule has 0 spiro atoms. The minimum absolute atomic E-state index is 0.121. The maximum atomic E-state index is 12.5. The zero-order chi connectivity index (χ0) is 20.1. The second-order valence-corrected chi connectivity index (χ2v) is 8.31. The van der Waals surface area contributed by atoms with Crippen LogP contribution in [0.3, 0.4) is 0 Å². The van der Waals surface area contributed by atoms with Crippen molar-refractivity contribution in [2.45, 2.75) is 11.3 Å². The molecule has 7 nitrogen and oxygen atoms in total. The van der Waals surface area contributed by atoms with E-state index in [4.69, 9.17) is 11.6 Å². The highest BCUT2D eigenvalue weighted by Crippen LogP contribution is 2.27. The van der Waals surface area contributed by atoms with E-state index in [9.17, 15) is 18.5 Å².